The summed E-state index contributed by atoms with van der Waals surface area (Å²) in [7, 11) is 0. The molecule has 7 heteroatoms. The van der Waals surface area contributed by atoms with Crippen LogP contribution in [0.3, 0.4) is 0 Å². The topological polar surface area (TPSA) is 121 Å². The summed E-state index contributed by atoms with van der Waals surface area (Å²) < 4.78 is 0. The molecule has 0 aromatic heterocycles. The summed E-state index contributed by atoms with van der Waals surface area (Å²) in [5, 5.41) is 17.0. The lowest BCUT2D eigenvalue weighted by atomic mass is 10.1. The Morgan fingerprint density at radius 1 is 1.00 bits per heavy atom. The lowest BCUT2D eigenvalue weighted by Gasteiger charge is -2.09. The average Bonchev–Trinajstić information content (AvgIpc) is 2.93. The quantitative estimate of drug-likeness (QED) is 0.752. The Balaban J connectivity index is 0.000000217. The zero-order chi connectivity index (χ0) is 15.1. The number of carboxylic acid groups (broad SMARTS) is 2. The molecule has 1 aliphatic rings. The fourth-order valence-corrected chi connectivity index (χ4v) is 1.72. The van der Waals surface area contributed by atoms with Gasteiger partial charge in [-0.2, -0.15) is 0 Å². The van der Waals surface area contributed by atoms with Gasteiger partial charge < -0.3 is 20.8 Å². The molecule has 0 unspecified atom stereocenters. The number of carboxylic acids is 2. The van der Waals surface area contributed by atoms with E-state index in [1.165, 1.54) is 18.2 Å². The van der Waals surface area contributed by atoms with E-state index in [4.69, 9.17) is 15.9 Å². The van der Waals surface area contributed by atoms with Crippen LogP contribution in [0.25, 0.3) is 0 Å². The maximum absolute atomic E-state index is 10.4. The molecule has 2 rings (SSSR count). The minimum absolute atomic E-state index is 0.0186. The van der Waals surface area contributed by atoms with E-state index >= 15 is 0 Å². The molecule has 2 amide bonds. The predicted octanol–water partition coefficient (Wildman–Crippen LogP) is 1.24. The zero-order valence-corrected chi connectivity index (χ0v) is 10.8. The standard InChI is InChI=1S/C8H6O4.C5H10N2O/c9-7(10)5-2-1-3-6(4-5)8(11)12;6-5(8)7-3-1-2-4-7/h1-4H,(H,9,10)(H,11,12);1-4H2,(H2,6,8). The molecule has 0 bridgehead atoms. The number of hydrogen-bond donors (Lipinski definition) is 3. The number of primary amides is 1. The number of nitrogens with zero attached hydrogens (tertiary/aromatic N) is 1. The molecule has 0 saturated carbocycles. The number of urea groups is 1. The number of nitrogens with two attached hydrogens (primary N) is 1. The number of aromatic carboxylic acids is 2. The highest BCUT2D eigenvalue weighted by Gasteiger charge is 2.13. The second-order valence-corrected chi connectivity index (χ2v) is 4.22. The molecule has 0 aliphatic carbocycles. The maximum atomic E-state index is 10.4. The second kappa shape index (κ2) is 7.13. The SMILES string of the molecule is NC(=O)N1CCCC1.O=C(O)c1cccc(C(=O)O)c1. The van der Waals surface area contributed by atoms with E-state index in [9.17, 15) is 14.4 Å². The number of carbonyl (C=O) groups is 3. The van der Waals surface area contributed by atoms with Crippen LogP contribution in [0.5, 0.6) is 0 Å². The van der Waals surface area contributed by atoms with Crippen molar-refractivity contribution in [1.82, 2.24) is 4.90 Å². The molecular weight excluding hydrogens is 264 g/mol. The lowest BCUT2D eigenvalue weighted by molar-refractivity contribution is 0.0696. The van der Waals surface area contributed by atoms with Crippen molar-refractivity contribution < 1.29 is 24.6 Å². The molecule has 1 aromatic carbocycles. The molecule has 4 N–H and O–H groups in total. The molecule has 0 spiro atoms. The minimum atomic E-state index is -1.13. The van der Waals surface area contributed by atoms with Crippen LogP contribution in [0.2, 0.25) is 0 Å². The molecule has 108 valence electrons. The summed E-state index contributed by atoms with van der Waals surface area (Å²) in [4.78, 5) is 32.8. The van der Waals surface area contributed by atoms with E-state index in [1.807, 2.05) is 0 Å². The second-order valence-electron chi connectivity index (χ2n) is 4.22. The predicted molar refractivity (Wildman–Crippen MR) is 70.8 cm³/mol. The van der Waals surface area contributed by atoms with Crippen molar-refractivity contribution in [3.05, 3.63) is 35.4 Å². The molecule has 0 radical (unpaired) electrons. The fourth-order valence-electron chi connectivity index (χ4n) is 1.72. The van der Waals surface area contributed by atoms with Gasteiger partial charge in [-0.3, -0.25) is 0 Å². The van der Waals surface area contributed by atoms with E-state index in [0.29, 0.717) is 0 Å². The molecule has 1 aliphatic heterocycles. The first-order valence-corrected chi connectivity index (χ1v) is 6.03. The number of amides is 2. The van der Waals surface area contributed by atoms with Gasteiger partial charge in [-0.15, -0.1) is 0 Å². The zero-order valence-electron chi connectivity index (χ0n) is 10.8. The van der Waals surface area contributed by atoms with Gasteiger partial charge in [-0.05, 0) is 31.0 Å². The van der Waals surface area contributed by atoms with Crippen molar-refractivity contribution in [2.75, 3.05) is 13.1 Å². The van der Waals surface area contributed by atoms with Gasteiger partial charge in [0.1, 0.15) is 0 Å². The molecule has 1 heterocycles. The van der Waals surface area contributed by atoms with Crippen molar-refractivity contribution >= 4 is 18.0 Å². The molecule has 0 atom stereocenters. The van der Waals surface area contributed by atoms with Crippen LogP contribution in [0, 0.1) is 0 Å². The van der Waals surface area contributed by atoms with Crippen LogP contribution < -0.4 is 5.73 Å². The van der Waals surface area contributed by atoms with Crippen LogP contribution in [-0.4, -0.2) is 46.2 Å². The Morgan fingerprint density at radius 2 is 1.45 bits per heavy atom. The Bertz CT molecular complexity index is 480. The molecule has 1 fully saturated rings. The van der Waals surface area contributed by atoms with Gasteiger partial charge in [-0.1, -0.05) is 6.07 Å². The third-order valence-corrected chi connectivity index (χ3v) is 2.77. The first kappa shape index (κ1) is 15.5. The minimum Gasteiger partial charge on any atom is -0.478 e. The Morgan fingerprint density at radius 3 is 1.75 bits per heavy atom. The monoisotopic (exact) mass is 280 g/mol. The van der Waals surface area contributed by atoms with Gasteiger partial charge in [0.2, 0.25) is 0 Å². The van der Waals surface area contributed by atoms with Crippen molar-refractivity contribution in [2.24, 2.45) is 5.73 Å². The van der Waals surface area contributed by atoms with Crippen molar-refractivity contribution in [3.63, 3.8) is 0 Å². The number of rotatable bonds is 2. The molecule has 7 nitrogen and oxygen atoms in total. The molecular formula is C13H16N2O5. The number of benzene rings is 1. The van der Waals surface area contributed by atoms with E-state index in [-0.39, 0.29) is 17.2 Å². The number of carbonyl (C=O) groups excluding carboxylic acids is 1. The molecule has 1 saturated heterocycles. The third kappa shape index (κ3) is 4.60. The maximum Gasteiger partial charge on any atom is 0.335 e. The van der Waals surface area contributed by atoms with Crippen LogP contribution in [-0.2, 0) is 0 Å². The van der Waals surface area contributed by atoms with Crippen LogP contribution >= 0.6 is 0 Å². The van der Waals surface area contributed by atoms with Gasteiger partial charge in [0.05, 0.1) is 11.1 Å². The van der Waals surface area contributed by atoms with Crippen LogP contribution in [0.15, 0.2) is 24.3 Å². The van der Waals surface area contributed by atoms with Gasteiger partial charge in [0.15, 0.2) is 0 Å². The fraction of sp³-hybridized carbons (Fsp3) is 0.308. The van der Waals surface area contributed by atoms with E-state index in [1.54, 1.807) is 4.90 Å². The smallest absolute Gasteiger partial charge is 0.335 e. The summed E-state index contributed by atoms with van der Waals surface area (Å²) >= 11 is 0. The normalized spacial score (nSPS) is 13.3. The van der Waals surface area contributed by atoms with Crippen LogP contribution in [0.1, 0.15) is 33.6 Å². The Hall–Kier alpha value is -2.57. The highest BCUT2D eigenvalue weighted by Crippen LogP contribution is 2.05. The van der Waals surface area contributed by atoms with Gasteiger partial charge in [0.25, 0.3) is 0 Å². The highest BCUT2D eigenvalue weighted by atomic mass is 16.4. The summed E-state index contributed by atoms with van der Waals surface area (Å²) in [5.74, 6) is -2.25. The summed E-state index contributed by atoms with van der Waals surface area (Å²) in [5.41, 5.74) is 4.95. The summed E-state index contributed by atoms with van der Waals surface area (Å²) in [6, 6.07) is 4.92. The van der Waals surface area contributed by atoms with Gasteiger partial charge in [-0.25, -0.2) is 14.4 Å². The van der Waals surface area contributed by atoms with E-state index < -0.39 is 11.9 Å². The van der Waals surface area contributed by atoms with Crippen LogP contribution in [0.4, 0.5) is 4.79 Å². The van der Waals surface area contributed by atoms with Crippen molar-refractivity contribution in [1.29, 1.82) is 0 Å². The van der Waals surface area contributed by atoms with Crippen molar-refractivity contribution in [3.8, 4) is 0 Å². The lowest BCUT2D eigenvalue weighted by Crippen LogP contribution is -2.32. The average molecular weight is 280 g/mol. The van der Waals surface area contributed by atoms with Gasteiger partial charge in [0, 0.05) is 13.1 Å². The Kier molecular flexibility index (Phi) is 5.52. The third-order valence-electron chi connectivity index (χ3n) is 2.77. The first-order valence-electron chi connectivity index (χ1n) is 6.03. The molecule has 20 heavy (non-hydrogen) atoms. The number of likely N-dealkylation sites (tertiary alicyclic amines) is 1. The molecule has 1 aromatic rings. The Labute approximate surface area is 115 Å². The first-order chi connectivity index (χ1) is 9.41. The summed E-state index contributed by atoms with van der Waals surface area (Å²) in [6.45, 7) is 1.71. The van der Waals surface area contributed by atoms with E-state index in [2.05, 4.69) is 0 Å². The largest absolute Gasteiger partial charge is 0.478 e. The van der Waals surface area contributed by atoms with Crippen molar-refractivity contribution in [2.45, 2.75) is 12.8 Å². The van der Waals surface area contributed by atoms with E-state index in [0.717, 1.165) is 32.0 Å². The summed E-state index contributed by atoms with van der Waals surface area (Å²) in [6.07, 6.45) is 2.23. The highest BCUT2D eigenvalue weighted by molar-refractivity contribution is 5.93. The number of hydrogen-bond acceptors (Lipinski definition) is 3. The van der Waals surface area contributed by atoms with Gasteiger partial charge >= 0.3 is 18.0 Å².